The van der Waals surface area contributed by atoms with Gasteiger partial charge in [-0.1, -0.05) is 17.8 Å². The molecule has 0 saturated heterocycles. The second-order valence-corrected chi connectivity index (χ2v) is 4.77. The number of alkyl halides is 2. The summed E-state index contributed by atoms with van der Waals surface area (Å²) in [5.74, 6) is -3.31. The van der Waals surface area contributed by atoms with Gasteiger partial charge >= 0.3 is 0 Å². The van der Waals surface area contributed by atoms with Crippen LogP contribution in [0.25, 0.3) is 0 Å². The van der Waals surface area contributed by atoms with Gasteiger partial charge in [-0.3, -0.25) is 0 Å². The number of hydrogen-bond donors (Lipinski definition) is 1. The highest BCUT2D eigenvalue weighted by molar-refractivity contribution is 7.99. The van der Waals surface area contributed by atoms with Gasteiger partial charge in [0.15, 0.2) is 11.6 Å². The third-order valence-corrected chi connectivity index (χ3v) is 2.92. The maximum absolute atomic E-state index is 13.4. The largest absolute Gasteiger partial charge is 0.338 e. The molecule has 0 unspecified atom stereocenters. The fourth-order valence-corrected chi connectivity index (χ4v) is 2.01. The van der Waals surface area contributed by atoms with Crippen LogP contribution in [-0.2, 0) is 0 Å². The first-order valence-corrected chi connectivity index (χ1v) is 6.30. The smallest absolute Gasteiger partial charge is 0.288 e. The average molecular weight is 306 g/mol. The predicted molar refractivity (Wildman–Crippen MR) is 68.6 cm³/mol. The molecule has 0 aliphatic rings. The van der Waals surface area contributed by atoms with E-state index < -0.39 is 11.6 Å². The Hall–Kier alpha value is -1.47. The van der Waals surface area contributed by atoms with E-state index in [1.54, 1.807) is 12.1 Å². The van der Waals surface area contributed by atoms with Crippen molar-refractivity contribution in [3.05, 3.63) is 41.6 Å². The molecule has 2 rings (SSSR count). The molecule has 1 aromatic carbocycles. The number of nitrogens with one attached hydrogen (secondary N) is 1. The minimum Gasteiger partial charge on any atom is -0.338 e. The number of rotatable bonds is 4. The Bertz CT molecular complexity index is 583. The minimum atomic E-state index is -2.51. The molecule has 1 N–H and O–H groups in total. The summed E-state index contributed by atoms with van der Waals surface area (Å²) < 4.78 is 37.9. The van der Waals surface area contributed by atoms with Crippen LogP contribution >= 0.6 is 23.4 Å². The van der Waals surface area contributed by atoms with E-state index in [2.05, 4.69) is 15.3 Å². The number of benzene rings is 1. The number of nitrogens with zero attached hydrogens (tertiary/aromatic N) is 2. The zero-order valence-electron chi connectivity index (χ0n) is 9.28. The molecule has 0 radical (unpaired) electrons. The molecule has 100 valence electrons. The van der Waals surface area contributed by atoms with Crippen LogP contribution in [0.4, 0.5) is 24.7 Å². The molecule has 3 nitrogen and oxygen atoms in total. The van der Waals surface area contributed by atoms with E-state index in [4.69, 9.17) is 11.6 Å². The van der Waals surface area contributed by atoms with Gasteiger partial charge in [0, 0.05) is 10.6 Å². The lowest BCUT2D eigenvalue weighted by molar-refractivity contribution is 0.252. The SMILES string of the molecule is Fc1cnc(Cl)nc1Nc1cccc(SC(F)F)c1. The molecule has 0 saturated carbocycles. The van der Waals surface area contributed by atoms with Crippen molar-refractivity contribution in [2.45, 2.75) is 10.7 Å². The molecule has 0 aliphatic carbocycles. The Morgan fingerprint density at radius 3 is 2.84 bits per heavy atom. The van der Waals surface area contributed by atoms with Gasteiger partial charge in [0.25, 0.3) is 5.76 Å². The molecule has 0 aliphatic heterocycles. The monoisotopic (exact) mass is 305 g/mol. The maximum atomic E-state index is 13.4. The molecule has 19 heavy (non-hydrogen) atoms. The third-order valence-electron chi connectivity index (χ3n) is 2.04. The van der Waals surface area contributed by atoms with E-state index in [-0.39, 0.29) is 11.1 Å². The van der Waals surface area contributed by atoms with Crippen molar-refractivity contribution in [2.24, 2.45) is 0 Å². The van der Waals surface area contributed by atoms with Crippen LogP contribution in [0.5, 0.6) is 0 Å². The number of hydrogen-bond acceptors (Lipinski definition) is 4. The third kappa shape index (κ3) is 4.00. The molecule has 0 amide bonds. The molecule has 2 aromatic rings. The van der Waals surface area contributed by atoms with Crippen molar-refractivity contribution >= 4 is 34.9 Å². The average Bonchev–Trinajstić information content (AvgIpc) is 2.33. The van der Waals surface area contributed by atoms with E-state index in [9.17, 15) is 13.2 Å². The molecule has 1 aromatic heterocycles. The molecular formula is C11H7ClF3N3S. The number of anilines is 2. The first-order chi connectivity index (χ1) is 9.04. The summed E-state index contributed by atoms with van der Waals surface area (Å²) in [5, 5.41) is 2.55. The van der Waals surface area contributed by atoms with Crippen molar-refractivity contribution < 1.29 is 13.2 Å². The quantitative estimate of drug-likeness (QED) is 0.674. The minimum absolute atomic E-state index is 0.109. The van der Waals surface area contributed by atoms with Crippen LogP contribution in [0.2, 0.25) is 5.28 Å². The van der Waals surface area contributed by atoms with Gasteiger partial charge < -0.3 is 5.32 Å². The summed E-state index contributed by atoms with van der Waals surface area (Å²) in [6, 6.07) is 6.18. The zero-order valence-corrected chi connectivity index (χ0v) is 10.9. The van der Waals surface area contributed by atoms with Gasteiger partial charge in [-0.2, -0.15) is 13.8 Å². The number of aromatic nitrogens is 2. The zero-order chi connectivity index (χ0) is 13.8. The predicted octanol–water partition coefficient (Wildman–Crippen LogP) is 4.33. The lowest BCUT2D eigenvalue weighted by Crippen LogP contribution is -1.99. The Balaban J connectivity index is 2.21. The normalized spacial score (nSPS) is 10.8. The van der Waals surface area contributed by atoms with Gasteiger partial charge in [0.2, 0.25) is 5.28 Å². The number of thioether (sulfide) groups is 1. The Morgan fingerprint density at radius 2 is 2.11 bits per heavy atom. The van der Waals surface area contributed by atoms with Crippen LogP contribution in [-0.4, -0.2) is 15.7 Å². The second kappa shape index (κ2) is 6.12. The van der Waals surface area contributed by atoms with Gasteiger partial charge in [0.05, 0.1) is 6.20 Å². The van der Waals surface area contributed by atoms with Crippen LogP contribution in [0.3, 0.4) is 0 Å². The first-order valence-electron chi connectivity index (χ1n) is 5.04. The molecule has 8 heteroatoms. The molecule has 0 fully saturated rings. The van der Waals surface area contributed by atoms with E-state index >= 15 is 0 Å². The van der Waals surface area contributed by atoms with Crippen molar-refractivity contribution in [2.75, 3.05) is 5.32 Å². The van der Waals surface area contributed by atoms with Crippen LogP contribution in [0, 0.1) is 5.82 Å². The lowest BCUT2D eigenvalue weighted by atomic mass is 10.3. The summed E-state index contributed by atoms with van der Waals surface area (Å²) in [6.07, 6.45) is 0.926. The highest BCUT2D eigenvalue weighted by atomic mass is 35.5. The van der Waals surface area contributed by atoms with Crippen molar-refractivity contribution in [1.29, 1.82) is 0 Å². The highest BCUT2D eigenvalue weighted by Crippen LogP contribution is 2.28. The van der Waals surface area contributed by atoms with Gasteiger partial charge in [0.1, 0.15) is 0 Å². The Morgan fingerprint density at radius 1 is 1.32 bits per heavy atom. The molecule has 0 atom stereocenters. The fourth-order valence-electron chi connectivity index (χ4n) is 1.32. The van der Waals surface area contributed by atoms with E-state index in [1.165, 1.54) is 12.1 Å². The molecule has 1 heterocycles. The van der Waals surface area contributed by atoms with E-state index in [1.807, 2.05) is 0 Å². The summed E-state index contributed by atoms with van der Waals surface area (Å²) in [6.45, 7) is 0. The number of halogens is 4. The van der Waals surface area contributed by atoms with Gasteiger partial charge in [-0.25, -0.2) is 9.37 Å². The maximum Gasteiger partial charge on any atom is 0.288 e. The van der Waals surface area contributed by atoms with Gasteiger partial charge in [-0.15, -0.1) is 0 Å². The van der Waals surface area contributed by atoms with Crippen LogP contribution in [0.1, 0.15) is 0 Å². The first kappa shape index (κ1) is 14.0. The fraction of sp³-hybridized carbons (Fsp3) is 0.0909. The van der Waals surface area contributed by atoms with E-state index in [0.29, 0.717) is 22.3 Å². The summed E-state index contributed by atoms with van der Waals surface area (Å²) in [5.41, 5.74) is 0.430. The van der Waals surface area contributed by atoms with Crippen molar-refractivity contribution in [3.8, 4) is 0 Å². The summed E-state index contributed by atoms with van der Waals surface area (Å²) >= 11 is 5.96. The van der Waals surface area contributed by atoms with E-state index in [0.717, 1.165) is 6.20 Å². The Kier molecular flexibility index (Phi) is 4.49. The van der Waals surface area contributed by atoms with Crippen LogP contribution < -0.4 is 5.32 Å². The Labute approximate surface area is 116 Å². The lowest BCUT2D eigenvalue weighted by Gasteiger charge is -2.08. The summed E-state index contributed by atoms with van der Waals surface area (Å²) in [7, 11) is 0. The van der Waals surface area contributed by atoms with Crippen molar-refractivity contribution in [3.63, 3.8) is 0 Å². The molecular weight excluding hydrogens is 299 g/mol. The van der Waals surface area contributed by atoms with Gasteiger partial charge in [-0.05, 0) is 29.8 Å². The second-order valence-electron chi connectivity index (χ2n) is 3.37. The summed E-state index contributed by atoms with van der Waals surface area (Å²) in [4.78, 5) is 7.51. The molecule has 0 bridgehead atoms. The topological polar surface area (TPSA) is 37.8 Å². The molecule has 0 spiro atoms. The van der Waals surface area contributed by atoms with Crippen molar-refractivity contribution in [1.82, 2.24) is 9.97 Å². The van der Waals surface area contributed by atoms with Crippen LogP contribution in [0.15, 0.2) is 35.4 Å². The highest BCUT2D eigenvalue weighted by Gasteiger charge is 2.08. The standard InChI is InChI=1S/C11H7ClF3N3S/c12-10-16-5-8(13)9(18-10)17-6-2-1-3-7(4-6)19-11(14)15/h1-5,11H,(H,16,17,18).